The molecule has 0 radical (unpaired) electrons. The molecule has 0 spiro atoms. The predicted molar refractivity (Wildman–Crippen MR) is 130 cm³/mol. The number of hydrogen-bond donors (Lipinski definition) is 2. The van der Waals surface area contributed by atoms with E-state index in [0.29, 0.717) is 6.54 Å². The minimum atomic E-state index is -0.822. The van der Waals surface area contributed by atoms with Gasteiger partial charge in [0.1, 0.15) is 17.7 Å². The molecule has 1 aliphatic carbocycles. The largest absolute Gasteiger partial charge is 0.444 e. The van der Waals surface area contributed by atoms with E-state index in [9.17, 15) is 14.4 Å². The Balaban J connectivity index is 2.38. The first-order valence-electron chi connectivity index (χ1n) is 12.1. The molecule has 0 saturated heterocycles. The van der Waals surface area contributed by atoms with E-state index in [1.165, 1.54) is 0 Å². The van der Waals surface area contributed by atoms with E-state index in [2.05, 4.69) is 17.6 Å². The van der Waals surface area contributed by atoms with E-state index >= 15 is 0 Å². The number of rotatable bonds is 9. The summed E-state index contributed by atoms with van der Waals surface area (Å²) in [5, 5.41) is 5.69. The summed E-state index contributed by atoms with van der Waals surface area (Å²) in [7, 11) is 0. The normalized spacial score (nSPS) is 15.7. The van der Waals surface area contributed by atoms with Crippen molar-refractivity contribution >= 4 is 17.9 Å². The topological polar surface area (TPSA) is 87.7 Å². The SMILES string of the molecule is CCCCNC(=O)C(c1ccc(C)cc1C)N(C(=O)C(C)NC(=O)OC(C)(C)C)C1CCC1. The standard InChI is InChI=1S/C26H41N3O4/c1-8-9-15-27-23(30)22(21-14-13-17(2)16-18(21)3)29(20-11-10-12-20)24(31)19(4)28-25(32)33-26(5,6)7/h13-14,16,19-20,22H,8-12,15H2,1-7H3,(H,27,30)(H,28,32). The van der Waals surface area contributed by atoms with Crippen LogP contribution in [0.5, 0.6) is 0 Å². The molecule has 33 heavy (non-hydrogen) atoms. The molecule has 1 aromatic rings. The summed E-state index contributed by atoms with van der Waals surface area (Å²) in [6.45, 7) is 13.6. The highest BCUT2D eigenvalue weighted by Crippen LogP contribution is 2.35. The zero-order valence-electron chi connectivity index (χ0n) is 21.3. The van der Waals surface area contributed by atoms with E-state index in [-0.39, 0.29) is 17.9 Å². The van der Waals surface area contributed by atoms with Crippen molar-refractivity contribution < 1.29 is 19.1 Å². The number of unbranched alkanes of at least 4 members (excludes halogenated alkanes) is 1. The number of carbonyl (C=O) groups is 3. The molecule has 1 fully saturated rings. The van der Waals surface area contributed by atoms with Gasteiger partial charge in [0.2, 0.25) is 11.8 Å². The van der Waals surface area contributed by atoms with Crippen LogP contribution < -0.4 is 10.6 Å². The van der Waals surface area contributed by atoms with Gasteiger partial charge >= 0.3 is 6.09 Å². The van der Waals surface area contributed by atoms with Crippen LogP contribution in [0.15, 0.2) is 18.2 Å². The van der Waals surface area contributed by atoms with Crippen molar-refractivity contribution in [2.75, 3.05) is 6.54 Å². The lowest BCUT2D eigenvalue weighted by molar-refractivity contribution is -0.147. The summed E-state index contributed by atoms with van der Waals surface area (Å²) in [5.41, 5.74) is 2.22. The highest BCUT2D eigenvalue weighted by Gasteiger charge is 2.41. The van der Waals surface area contributed by atoms with E-state index in [1.54, 1.807) is 32.6 Å². The molecular formula is C26H41N3O4. The third-order valence-corrected chi connectivity index (χ3v) is 5.90. The van der Waals surface area contributed by atoms with Gasteiger partial charge in [-0.05, 0) is 78.4 Å². The van der Waals surface area contributed by atoms with Crippen molar-refractivity contribution in [2.24, 2.45) is 0 Å². The molecule has 0 heterocycles. The van der Waals surface area contributed by atoms with E-state index in [0.717, 1.165) is 48.8 Å². The van der Waals surface area contributed by atoms with Gasteiger partial charge in [-0.25, -0.2) is 4.79 Å². The highest BCUT2D eigenvalue weighted by atomic mass is 16.6. The van der Waals surface area contributed by atoms with Gasteiger partial charge < -0.3 is 20.3 Å². The Kier molecular flexibility index (Phi) is 9.32. The van der Waals surface area contributed by atoms with Crippen molar-refractivity contribution in [3.05, 3.63) is 34.9 Å². The van der Waals surface area contributed by atoms with E-state index in [4.69, 9.17) is 4.74 Å². The number of nitrogens with zero attached hydrogens (tertiary/aromatic N) is 1. The average molecular weight is 460 g/mol. The lowest BCUT2D eigenvalue weighted by atomic mass is 9.87. The van der Waals surface area contributed by atoms with Crippen LogP contribution in [0.1, 0.15) is 89.5 Å². The molecule has 1 aromatic carbocycles. The van der Waals surface area contributed by atoms with Gasteiger partial charge in [-0.1, -0.05) is 37.1 Å². The van der Waals surface area contributed by atoms with Crippen LogP contribution in [0.2, 0.25) is 0 Å². The molecule has 2 unspecified atom stereocenters. The third kappa shape index (κ3) is 7.47. The van der Waals surface area contributed by atoms with Gasteiger partial charge in [-0.2, -0.15) is 0 Å². The molecule has 2 N–H and O–H groups in total. The van der Waals surface area contributed by atoms with E-state index < -0.39 is 23.8 Å². The Morgan fingerprint density at radius 3 is 2.36 bits per heavy atom. The fourth-order valence-electron chi connectivity index (χ4n) is 3.99. The number of amides is 3. The summed E-state index contributed by atoms with van der Waals surface area (Å²) in [6, 6.07) is 4.34. The smallest absolute Gasteiger partial charge is 0.408 e. The summed E-state index contributed by atoms with van der Waals surface area (Å²) in [4.78, 5) is 41.1. The summed E-state index contributed by atoms with van der Waals surface area (Å²) in [5.74, 6) is -0.457. The van der Waals surface area contributed by atoms with Gasteiger partial charge in [-0.3, -0.25) is 9.59 Å². The number of ether oxygens (including phenoxy) is 1. The molecule has 7 nitrogen and oxygen atoms in total. The molecular weight excluding hydrogens is 418 g/mol. The highest BCUT2D eigenvalue weighted by molar-refractivity contribution is 5.92. The predicted octanol–water partition coefficient (Wildman–Crippen LogP) is 4.56. The van der Waals surface area contributed by atoms with E-state index in [1.807, 2.05) is 32.0 Å². The molecule has 1 saturated carbocycles. The van der Waals surface area contributed by atoms with Crippen LogP contribution in [0.25, 0.3) is 0 Å². The second kappa shape index (κ2) is 11.5. The van der Waals surface area contributed by atoms with Crippen LogP contribution in [0.3, 0.4) is 0 Å². The Morgan fingerprint density at radius 1 is 1.18 bits per heavy atom. The van der Waals surface area contributed by atoms with Crippen LogP contribution in [0, 0.1) is 13.8 Å². The minimum absolute atomic E-state index is 0.0389. The summed E-state index contributed by atoms with van der Waals surface area (Å²) < 4.78 is 5.33. The molecule has 3 amide bonds. The molecule has 7 heteroatoms. The molecule has 0 bridgehead atoms. The molecule has 0 aromatic heterocycles. The first kappa shape index (κ1) is 26.7. The maximum Gasteiger partial charge on any atom is 0.408 e. The third-order valence-electron chi connectivity index (χ3n) is 5.90. The van der Waals surface area contributed by atoms with Crippen molar-refractivity contribution in [1.29, 1.82) is 0 Å². The molecule has 0 aliphatic heterocycles. The molecule has 184 valence electrons. The number of carbonyl (C=O) groups excluding carboxylic acids is 3. The molecule has 1 aliphatic rings. The van der Waals surface area contributed by atoms with Gasteiger partial charge in [0, 0.05) is 12.6 Å². The first-order valence-corrected chi connectivity index (χ1v) is 12.1. The zero-order chi connectivity index (χ0) is 24.8. The lowest BCUT2D eigenvalue weighted by Gasteiger charge is -2.43. The average Bonchev–Trinajstić information content (AvgIpc) is 2.65. The first-order chi connectivity index (χ1) is 15.4. The number of aryl methyl sites for hydroxylation is 2. The second-order valence-electron chi connectivity index (χ2n) is 10.1. The number of hydrogen-bond acceptors (Lipinski definition) is 4. The number of benzene rings is 1. The number of nitrogens with one attached hydrogen (secondary N) is 2. The Bertz CT molecular complexity index is 842. The van der Waals surface area contributed by atoms with Gasteiger partial charge in [0.05, 0.1) is 0 Å². The van der Waals surface area contributed by atoms with Gasteiger partial charge in [-0.15, -0.1) is 0 Å². The Labute approximate surface area is 198 Å². The zero-order valence-corrected chi connectivity index (χ0v) is 21.3. The van der Waals surface area contributed by atoms with Crippen molar-refractivity contribution in [3.8, 4) is 0 Å². The summed E-state index contributed by atoms with van der Waals surface area (Å²) >= 11 is 0. The van der Waals surface area contributed by atoms with Crippen LogP contribution in [-0.4, -0.2) is 47.0 Å². The number of alkyl carbamates (subject to hydrolysis) is 1. The van der Waals surface area contributed by atoms with Crippen molar-refractivity contribution in [1.82, 2.24) is 15.5 Å². The summed E-state index contributed by atoms with van der Waals surface area (Å²) in [6.07, 6.45) is 3.89. The Morgan fingerprint density at radius 2 is 1.85 bits per heavy atom. The van der Waals surface area contributed by atoms with Crippen molar-refractivity contribution in [3.63, 3.8) is 0 Å². The van der Waals surface area contributed by atoms with Crippen LogP contribution >= 0.6 is 0 Å². The Hall–Kier alpha value is -2.57. The molecule has 2 atom stereocenters. The van der Waals surface area contributed by atoms with Crippen molar-refractivity contribution in [2.45, 2.75) is 104 Å². The fourth-order valence-corrected chi connectivity index (χ4v) is 3.99. The van der Waals surface area contributed by atoms with Gasteiger partial charge in [0.25, 0.3) is 0 Å². The second-order valence-corrected chi connectivity index (χ2v) is 10.1. The lowest BCUT2D eigenvalue weighted by Crippen LogP contribution is -2.56. The van der Waals surface area contributed by atoms with Gasteiger partial charge in [0.15, 0.2) is 0 Å². The maximum atomic E-state index is 13.7. The quantitative estimate of drug-likeness (QED) is 0.530. The monoisotopic (exact) mass is 459 g/mol. The minimum Gasteiger partial charge on any atom is -0.444 e. The van der Waals surface area contributed by atoms with Crippen LogP contribution in [-0.2, 0) is 14.3 Å². The molecule has 2 rings (SSSR count). The fraction of sp³-hybridized carbons (Fsp3) is 0.654. The van der Waals surface area contributed by atoms with Crippen LogP contribution in [0.4, 0.5) is 4.79 Å². The maximum absolute atomic E-state index is 13.7.